The minimum absolute atomic E-state index is 0.569. The van der Waals surface area contributed by atoms with E-state index in [1.807, 2.05) is 23.9 Å². The Labute approximate surface area is 176 Å². The van der Waals surface area contributed by atoms with Crippen molar-refractivity contribution in [1.82, 2.24) is 14.9 Å². The van der Waals surface area contributed by atoms with Gasteiger partial charge in [0.2, 0.25) is 0 Å². The number of ether oxygens (including phenoxy) is 2. The Morgan fingerprint density at radius 1 is 1.07 bits per heavy atom. The van der Waals surface area contributed by atoms with Crippen molar-refractivity contribution in [3.8, 4) is 11.5 Å². The van der Waals surface area contributed by atoms with Gasteiger partial charge < -0.3 is 19.3 Å². The molecular weight excluding hydrogens is 386 g/mol. The molecule has 0 atom stereocenters. The molecule has 1 saturated heterocycles. The van der Waals surface area contributed by atoms with Crippen molar-refractivity contribution < 1.29 is 9.47 Å². The Balaban J connectivity index is 1.50. The molecule has 29 heavy (non-hydrogen) atoms. The maximum absolute atomic E-state index is 5.49. The molecule has 1 aromatic carbocycles. The zero-order valence-electron chi connectivity index (χ0n) is 17.4. The van der Waals surface area contributed by atoms with E-state index in [9.17, 15) is 0 Å². The number of rotatable bonds is 6. The topological polar surface area (TPSA) is 63.1 Å². The van der Waals surface area contributed by atoms with Gasteiger partial charge in [-0.25, -0.2) is 9.97 Å². The molecule has 0 saturated carbocycles. The zero-order chi connectivity index (χ0) is 20.2. The summed E-state index contributed by atoms with van der Waals surface area (Å²) in [6.07, 6.45) is 5.06. The molecule has 0 N–H and O–H groups in total. The first-order valence-corrected chi connectivity index (χ1v) is 11.3. The van der Waals surface area contributed by atoms with E-state index in [0.29, 0.717) is 17.5 Å². The van der Waals surface area contributed by atoms with Crippen LogP contribution in [-0.4, -0.2) is 72.2 Å². The summed E-state index contributed by atoms with van der Waals surface area (Å²) in [6, 6.07) is 4.48. The van der Waals surface area contributed by atoms with Crippen molar-refractivity contribution in [1.29, 1.82) is 0 Å². The first-order chi connectivity index (χ1) is 14.2. The van der Waals surface area contributed by atoms with E-state index < -0.39 is 0 Å². The largest absolute Gasteiger partial charge is 0.493 e. The second-order valence-electron chi connectivity index (χ2n) is 7.35. The molecule has 0 radical (unpaired) electrons. The number of amidine groups is 1. The molecule has 156 valence electrons. The van der Waals surface area contributed by atoms with Gasteiger partial charge in [0.25, 0.3) is 0 Å². The highest BCUT2D eigenvalue weighted by Gasteiger charge is 2.30. The van der Waals surface area contributed by atoms with E-state index in [4.69, 9.17) is 14.5 Å². The van der Waals surface area contributed by atoms with Gasteiger partial charge in [-0.3, -0.25) is 4.99 Å². The van der Waals surface area contributed by atoms with Gasteiger partial charge in [-0.15, -0.1) is 0 Å². The average molecular weight is 416 g/mol. The summed E-state index contributed by atoms with van der Waals surface area (Å²) in [5, 5.41) is 2.25. The van der Waals surface area contributed by atoms with Crippen LogP contribution in [0.15, 0.2) is 23.5 Å². The van der Waals surface area contributed by atoms with Gasteiger partial charge in [0, 0.05) is 42.9 Å². The zero-order valence-corrected chi connectivity index (χ0v) is 18.2. The van der Waals surface area contributed by atoms with Crippen molar-refractivity contribution in [2.75, 3.05) is 51.1 Å². The fourth-order valence-corrected chi connectivity index (χ4v) is 5.09. The first kappa shape index (κ1) is 20.1. The molecule has 7 nitrogen and oxygen atoms in total. The Kier molecular flexibility index (Phi) is 6.28. The second kappa shape index (κ2) is 9.07. The summed E-state index contributed by atoms with van der Waals surface area (Å²) in [5.41, 5.74) is 0.875. The maximum atomic E-state index is 5.49. The molecule has 1 fully saturated rings. The number of methoxy groups -OCH3 is 2. The van der Waals surface area contributed by atoms with Crippen molar-refractivity contribution >= 4 is 33.7 Å². The summed E-state index contributed by atoms with van der Waals surface area (Å²) in [4.78, 5) is 18.7. The quantitative estimate of drug-likeness (QED) is 0.716. The average Bonchev–Trinajstić information content (AvgIpc) is 3.25. The molecule has 1 aromatic heterocycles. The minimum atomic E-state index is 0.569. The van der Waals surface area contributed by atoms with Gasteiger partial charge in [0.15, 0.2) is 16.7 Å². The monoisotopic (exact) mass is 415 g/mol. The summed E-state index contributed by atoms with van der Waals surface area (Å²) < 4.78 is 10.9. The maximum Gasteiger partial charge on any atom is 0.162 e. The number of benzene rings is 1. The molecule has 0 amide bonds. The van der Waals surface area contributed by atoms with Crippen LogP contribution in [0.3, 0.4) is 0 Å². The van der Waals surface area contributed by atoms with Gasteiger partial charge in [-0.05, 0) is 25.3 Å². The lowest BCUT2D eigenvalue weighted by atomic mass is 10.0. The van der Waals surface area contributed by atoms with E-state index in [2.05, 4.69) is 26.7 Å². The fraction of sp³-hybridized carbons (Fsp3) is 0.571. The number of fused-ring (bicyclic) bond motifs is 1. The number of hydrogen-bond acceptors (Lipinski definition) is 8. The van der Waals surface area contributed by atoms with Crippen molar-refractivity contribution in [3.05, 3.63) is 18.5 Å². The fourth-order valence-electron chi connectivity index (χ4n) is 4.11. The molecule has 4 rings (SSSR count). The SMILES string of the molecule is CCCSC1=NCCN1C1CCN(c2ncnc3cc(OC)c(OC)cc23)CC1. The second-order valence-corrected chi connectivity index (χ2v) is 8.41. The summed E-state index contributed by atoms with van der Waals surface area (Å²) in [5.74, 6) is 3.52. The lowest BCUT2D eigenvalue weighted by Gasteiger charge is -2.38. The third-order valence-electron chi connectivity index (χ3n) is 5.59. The van der Waals surface area contributed by atoms with Crippen molar-refractivity contribution in [3.63, 3.8) is 0 Å². The van der Waals surface area contributed by atoms with Crippen LogP contribution in [0, 0.1) is 0 Å². The molecule has 8 heteroatoms. The van der Waals surface area contributed by atoms with Gasteiger partial charge in [0.1, 0.15) is 12.1 Å². The van der Waals surface area contributed by atoms with Crippen LogP contribution in [0.4, 0.5) is 5.82 Å². The smallest absolute Gasteiger partial charge is 0.162 e. The summed E-state index contributed by atoms with van der Waals surface area (Å²) in [6.45, 7) is 6.18. The third kappa shape index (κ3) is 4.08. The number of aromatic nitrogens is 2. The van der Waals surface area contributed by atoms with Crippen LogP contribution in [0.5, 0.6) is 11.5 Å². The predicted molar refractivity (Wildman–Crippen MR) is 120 cm³/mol. The van der Waals surface area contributed by atoms with E-state index in [-0.39, 0.29) is 0 Å². The van der Waals surface area contributed by atoms with Crippen molar-refractivity contribution in [2.24, 2.45) is 4.99 Å². The Morgan fingerprint density at radius 2 is 1.83 bits per heavy atom. The van der Waals surface area contributed by atoms with E-state index in [0.717, 1.165) is 61.5 Å². The van der Waals surface area contributed by atoms with Crippen LogP contribution in [0.1, 0.15) is 26.2 Å². The van der Waals surface area contributed by atoms with Crippen molar-refractivity contribution in [2.45, 2.75) is 32.2 Å². The van der Waals surface area contributed by atoms with Crippen LogP contribution in [0.2, 0.25) is 0 Å². The molecular formula is C21H29N5O2S. The Morgan fingerprint density at radius 3 is 2.55 bits per heavy atom. The molecule has 0 bridgehead atoms. The number of aliphatic imine (C=N–C) groups is 1. The predicted octanol–water partition coefficient (Wildman–Crippen LogP) is 3.43. The van der Waals surface area contributed by atoms with Crippen LogP contribution in [-0.2, 0) is 0 Å². The highest BCUT2D eigenvalue weighted by atomic mass is 32.2. The third-order valence-corrected chi connectivity index (χ3v) is 6.83. The number of hydrogen-bond donors (Lipinski definition) is 0. The molecule has 2 aromatic rings. The van der Waals surface area contributed by atoms with E-state index >= 15 is 0 Å². The molecule has 0 unspecified atom stereocenters. The number of anilines is 1. The Hall–Kier alpha value is -2.22. The minimum Gasteiger partial charge on any atom is -0.493 e. The molecule has 2 aliphatic rings. The highest BCUT2D eigenvalue weighted by molar-refractivity contribution is 8.13. The normalized spacial score (nSPS) is 17.7. The summed E-state index contributed by atoms with van der Waals surface area (Å²) >= 11 is 1.91. The standard InChI is InChI=1S/C21H29N5O2S/c1-4-11-29-21-22-7-10-26(21)15-5-8-25(9-6-15)20-16-12-18(27-2)19(28-3)13-17(16)23-14-24-20/h12-15H,4-11H2,1-3H3. The van der Waals surface area contributed by atoms with Gasteiger partial charge >= 0.3 is 0 Å². The van der Waals surface area contributed by atoms with Crippen LogP contribution < -0.4 is 14.4 Å². The molecule has 0 aliphatic carbocycles. The highest BCUT2D eigenvalue weighted by Crippen LogP contribution is 2.35. The van der Waals surface area contributed by atoms with Gasteiger partial charge in [-0.2, -0.15) is 0 Å². The lowest BCUT2D eigenvalue weighted by Crippen LogP contribution is -2.46. The number of nitrogens with zero attached hydrogens (tertiary/aromatic N) is 5. The molecule has 0 spiro atoms. The van der Waals surface area contributed by atoms with Gasteiger partial charge in [0.05, 0.1) is 26.3 Å². The van der Waals surface area contributed by atoms with Gasteiger partial charge in [-0.1, -0.05) is 18.7 Å². The molecule has 3 heterocycles. The van der Waals surface area contributed by atoms with Crippen LogP contribution >= 0.6 is 11.8 Å². The van der Waals surface area contributed by atoms with E-state index in [1.54, 1.807) is 20.5 Å². The Bertz CT molecular complexity index is 883. The van der Waals surface area contributed by atoms with E-state index in [1.165, 1.54) is 11.6 Å². The first-order valence-electron chi connectivity index (χ1n) is 10.3. The van der Waals surface area contributed by atoms with Crippen LogP contribution in [0.25, 0.3) is 10.9 Å². The summed E-state index contributed by atoms with van der Waals surface area (Å²) in [7, 11) is 3.30. The lowest BCUT2D eigenvalue weighted by molar-refractivity contribution is 0.287. The molecule has 2 aliphatic heterocycles. The number of thioether (sulfide) groups is 1. The number of piperidine rings is 1.